The fraction of sp³-hybridized carbons (Fsp3) is 0.636. The van der Waals surface area contributed by atoms with Crippen molar-refractivity contribution in [2.75, 3.05) is 0 Å². The van der Waals surface area contributed by atoms with Crippen LogP contribution in [-0.2, 0) is 7.05 Å². The zero-order valence-electron chi connectivity index (χ0n) is 8.24. The summed E-state index contributed by atoms with van der Waals surface area (Å²) in [7, 11) is 2.05. The van der Waals surface area contributed by atoms with E-state index in [0.717, 1.165) is 5.92 Å². The first kappa shape index (κ1) is 8.82. The Balaban J connectivity index is 2.07. The highest BCUT2D eigenvalue weighted by Gasteiger charge is 2.23. The Bertz CT molecular complexity index is 271. The van der Waals surface area contributed by atoms with Crippen molar-refractivity contribution < 1.29 is 0 Å². The van der Waals surface area contributed by atoms with Crippen molar-refractivity contribution in [3.63, 3.8) is 0 Å². The molecule has 1 unspecified atom stereocenters. The molecule has 2 heteroatoms. The largest absolute Gasteiger partial charge is 0.357 e. The molecule has 2 rings (SSSR count). The van der Waals surface area contributed by atoms with Gasteiger partial charge in [0.25, 0.3) is 0 Å². The average Bonchev–Trinajstić information content (AvgIpc) is 2.72. The quantitative estimate of drug-likeness (QED) is 0.739. The van der Waals surface area contributed by atoms with Crippen LogP contribution in [-0.4, -0.2) is 4.57 Å². The van der Waals surface area contributed by atoms with E-state index in [1.807, 2.05) is 7.05 Å². The molecule has 2 nitrogen and oxygen atoms in total. The van der Waals surface area contributed by atoms with Crippen molar-refractivity contribution in [3.05, 3.63) is 24.0 Å². The Kier molecular flexibility index (Phi) is 2.40. The Labute approximate surface area is 79.7 Å². The van der Waals surface area contributed by atoms with Crippen molar-refractivity contribution >= 4 is 0 Å². The van der Waals surface area contributed by atoms with Crippen molar-refractivity contribution in [1.29, 1.82) is 0 Å². The summed E-state index contributed by atoms with van der Waals surface area (Å²) >= 11 is 0. The molecule has 1 atom stereocenters. The Morgan fingerprint density at radius 2 is 2.15 bits per heavy atom. The minimum absolute atomic E-state index is 0.267. The molecule has 2 N–H and O–H groups in total. The highest BCUT2D eigenvalue weighted by Crippen LogP contribution is 2.33. The van der Waals surface area contributed by atoms with E-state index in [-0.39, 0.29) is 6.04 Å². The summed E-state index contributed by atoms with van der Waals surface area (Å²) in [5.74, 6) is 0.724. The molecule has 1 saturated carbocycles. The molecule has 1 aliphatic rings. The summed E-state index contributed by atoms with van der Waals surface area (Å²) in [6.45, 7) is 0. The summed E-state index contributed by atoms with van der Waals surface area (Å²) in [5, 5.41) is 0. The molecule has 1 aromatic heterocycles. The van der Waals surface area contributed by atoms with Crippen LogP contribution in [0.4, 0.5) is 0 Å². The molecule has 1 heterocycles. The monoisotopic (exact) mass is 178 g/mol. The predicted octanol–water partition coefficient (Wildman–Crippen LogP) is 2.22. The van der Waals surface area contributed by atoms with Gasteiger partial charge in [-0.1, -0.05) is 12.8 Å². The van der Waals surface area contributed by atoms with Crippen molar-refractivity contribution in [3.8, 4) is 0 Å². The minimum atomic E-state index is 0.267. The number of aromatic nitrogens is 1. The number of rotatable bonds is 2. The zero-order chi connectivity index (χ0) is 9.26. The van der Waals surface area contributed by atoms with Gasteiger partial charge in [0.15, 0.2) is 0 Å². The molecule has 0 saturated heterocycles. The number of hydrogen-bond donors (Lipinski definition) is 1. The molecule has 0 aliphatic heterocycles. The second-order valence-corrected chi connectivity index (χ2v) is 4.18. The fourth-order valence-electron chi connectivity index (χ4n) is 2.31. The maximum Gasteiger partial charge on any atom is 0.0338 e. The highest BCUT2D eigenvalue weighted by molar-refractivity contribution is 5.15. The van der Waals surface area contributed by atoms with E-state index in [2.05, 4.69) is 23.0 Å². The standard InChI is InChI=1S/C11H18N2/c1-13-7-6-10(8-13)11(12)9-4-2-3-5-9/h6-9,11H,2-5,12H2,1H3. The van der Waals surface area contributed by atoms with E-state index in [0.29, 0.717) is 0 Å². The third kappa shape index (κ3) is 1.78. The number of aryl methyl sites for hydroxylation is 1. The molecule has 72 valence electrons. The molecule has 0 amide bonds. The molecule has 0 radical (unpaired) electrons. The molecule has 1 aromatic rings. The van der Waals surface area contributed by atoms with Gasteiger partial charge in [0.2, 0.25) is 0 Å². The van der Waals surface area contributed by atoms with Gasteiger partial charge < -0.3 is 10.3 Å². The van der Waals surface area contributed by atoms with Gasteiger partial charge >= 0.3 is 0 Å². The summed E-state index contributed by atoms with van der Waals surface area (Å²) < 4.78 is 2.07. The van der Waals surface area contributed by atoms with Gasteiger partial charge in [0.05, 0.1) is 0 Å². The first-order chi connectivity index (χ1) is 6.27. The van der Waals surface area contributed by atoms with Gasteiger partial charge in [-0.05, 0) is 30.4 Å². The number of hydrogen-bond acceptors (Lipinski definition) is 1. The first-order valence-corrected chi connectivity index (χ1v) is 5.15. The minimum Gasteiger partial charge on any atom is -0.357 e. The van der Waals surface area contributed by atoms with Crippen LogP contribution in [0.15, 0.2) is 18.5 Å². The highest BCUT2D eigenvalue weighted by atomic mass is 14.9. The average molecular weight is 178 g/mol. The van der Waals surface area contributed by atoms with Gasteiger partial charge in [-0.25, -0.2) is 0 Å². The third-order valence-corrected chi connectivity index (χ3v) is 3.15. The lowest BCUT2D eigenvalue weighted by molar-refractivity contribution is 0.445. The SMILES string of the molecule is Cn1ccc(C(N)C2CCCC2)c1. The van der Waals surface area contributed by atoms with E-state index < -0.39 is 0 Å². The van der Waals surface area contributed by atoms with E-state index in [9.17, 15) is 0 Å². The Hall–Kier alpha value is -0.760. The summed E-state index contributed by atoms with van der Waals surface area (Å²) in [5.41, 5.74) is 7.50. The van der Waals surface area contributed by atoms with Crippen LogP contribution in [0, 0.1) is 5.92 Å². The van der Waals surface area contributed by atoms with E-state index >= 15 is 0 Å². The Morgan fingerprint density at radius 3 is 2.69 bits per heavy atom. The van der Waals surface area contributed by atoms with Crippen LogP contribution >= 0.6 is 0 Å². The third-order valence-electron chi connectivity index (χ3n) is 3.15. The Morgan fingerprint density at radius 1 is 1.46 bits per heavy atom. The molecule has 0 bridgehead atoms. The molecule has 13 heavy (non-hydrogen) atoms. The maximum atomic E-state index is 6.20. The summed E-state index contributed by atoms with van der Waals surface area (Å²) in [6, 6.07) is 2.41. The van der Waals surface area contributed by atoms with Crippen LogP contribution in [0.2, 0.25) is 0 Å². The topological polar surface area (TPSA) is 30.9 Å². The lowest BCUT2D eigenvalue weighted by atomic mass is 9.94. The molecule has 1 fully saturated rings. The number of nitrogens with zero attached hydrogens (tertiary/aromatic N) is 1. The van der Waals surface area contributed by atoms with Gasteiger partial charge in [-0.3, -0.25) is 0 Å². The van der Waals surface area contributed by atoms with Crippen LogP contribution in [0.1, 0.15) is 37.3 Å². The molecular weight excluding hydrogens is 160 g/mol. The lowest BCUT2D eigenvalue weighted by Gasteiger charge is -2.17. The normalized spacial score (nSPS) is 20.8. The van der Waals surface area contributed by atoms with E-state index in [1.54, 1.807) is 0 Å². The van der Waals surface area contributed by atoms with Crippen LogP contribution < -0.4 is 5.73 Å². The number of nitrogens with two attached hydrogens (primary N) is 1. The van der Waals surface area contributed by atoms with Crippen molar-refractivity contribution in [2.45, 2.75) is 31.7 Å². The van der Waals surface area contributed by atoms with Gasteiger partial charge in [-0.15, -0.1) is 0 Å². The van der Waals surface area contributed by atoms with Gasteiger partial charge in [0, 0.05) is 25.5 Å². The van der Waals surface area contributed by atoms with Gasteiger partial charge in [0.1, 0.15) is 0 Å². The van der Waals surface area contributed by atoms with Crippen LogP contribution in [0.5, 0.6) is 0 Å². The lowest BCUT2D eigenvalue weighted by Crippen LogP contribution is -2.18. The van der Waals surface area contributed by atoms with E-state index in [4.69, 9.17) is 5.73 Å². The van der Waals surface area contributed by atoms with Crippen molar-refractivity contribution in [2.24, 2.45) is 18.7 Å². The van der Waals surface area contributed by atoms with Gasteiger partial charge in [-0.2, -0.15) is 0 Å². The zero-order valence-corrected chi connectivity index (χ0v) is 8.24. The van der Waals surface area contributed by atoms with Crippen LogP contribution in [0.25, 0.3) is 0 Å². The van der Waals surface area contributed by atoms with E-state index in [1.165, 1.54) is 31.2 Å². The second kappa shape index (κ2) is 3.54. The maximum absolute atomic E-state index is 6.20. The molecule has 1 aliphatic carbocycles. The predicted molar refractivity (Wildman–Crippen MR) is 54.3 cm³/mol. The summed E-state index contributed by atoms with van der Waals surface area (Å²) in [6.07, 6.45) is 9.58. The summed E-state index contributed by atoms with van der Waals surface area (Å²) in [4.78, 5) is 0. The smallest absolute Gasteiger partial charge is 0.0338 e. The fourth-order valence-corrected chi connectivity index (χ4v) is 2.31. The first-order valence-electron chi connectivity index (χ1n) is 5.15. The van der Waals surface area contributed by atoms with Crippen molar-refractivity contribution in [1.82, 2.24) is 4.57 Å². The molecular formula is C11H18N2. The second-order valence-electron chi connectivity index (χ2n) is 4.18. The van der Waals surface area contributed by atoms with Crippen LogP contribution in [0.3, 0.4) is 0 Å². The molecule has 0 spiro atoms. The molecule has 0 aromatic carbocycles.